The molecule has 0 saturated carbocycles. The lowest BCUT2D eigenvalue weighted by Crippen LogP contribution is -2.38. The van der Waals surface area contributed by atoms with Crippen molar-refractivity contribution in [1.82, 2.24) is 34.2 Å². The van der Waals surface area contributed by atoms with Crippen LogP contribution in [0, 0.1) is 5.92 Å². The summed E-state index contributed by atoms with van der Waals surface area (Å²) in [4.78, 5) is 14.6. The van der Waals surface area contributed by atoms with Crippen molar-refractivity contribution in [2.24, 2.45) is 5.92 Å². The molecule has 3 aromatic heterocycles. The molecular formula is C18H23N7O. The van der Waals surface area contributed by atoms with Crippen LogP contribution in [0.4, 0.5) is 0 Å². The minimum Gasteiger partial charge on any atom is -0.301 e. The highest BCUT2D eigenvalue weighted by molar-refractivity contribution is 5.17. The molecule has 0 unspecified atom stereocenters. The van der Waals surface area contributed by atoms with Gasteiger partial charge in [-0.25, -0.2) is 9.36 Å². The minimum absolute atomic E-state index is 0.0537. The maximum absolute atomic E-state index is 12.2. The first-order valence-corrected chi connectivity index (χ1v) is 9.06. The molecule has 1 aliphatic heterocycles. The Balaban J connectivity index is 1.33. The average Bonchev–Trinajstić information content (AvgIpc) is 3.37. The number of hydrogen-bond acceptors (Lipinski definition) is 5. The quantitative estimate of drug-likeness (QED) is 0.662. The zero-order valence-corrected chi connectivity index (χ0v) is 14.7. The fourth-order valence-electron chi connectivity index (χ4n) is 3.41. The third-order valence-corrected chi connectivity index (χ3v) is 4.93. The number of piperidine rings is 1. The van der Waals surface area contributed by atoms with Crippen molar-refractivity contribution in [3.63, 3.8) is 0 Å². The van der Waals surface area contributed by atoms with E-state index in [0.29, 0.717) is 18.3 Å². The highest BCUT2D eigenvalue weighted by atomic mass is 16.1. The molecule has 1 fully saturated rings. The maximum Gasteiger partial charge on any atom is 0.266 e. The molecule has 8 nitrogen and oxygen atoms in total. The smallest absolute Gasteiger partial charge is 0.266 e. The van der Waals surface area contributed by atoms with Gasteiger partial charge in [-0.05, 0) is 50.0 Å². The Morgan fingerprint density at radius 2 is 1.81 bits per heavy atom. The second kappa shape index (κ2) is 7.65. The zero-order chi connectivity index (χ0) is 17.8. The molecule has 0 atom stereocenters. The Morgan fingerprint density at radius 1 is 1.00 bits per heavy atom. The summed E-state index contributed by atoms with van der Waals surface area (Å²) in [5.41, 5.74) is -0.0537. The van der Waals surface area contributed by atoms with Crippen LogP contribution >= 0.6 is 0 Å². The van der Waals surface area contributed by atoms with Gasteiger partial charge in [0.2, 0.25) is 0 Å². The van der Waals surface area contributed by atoms with Gasteiger partial charge in [-0.1, -0.05) is 0 Å². The molecule has 8 heteroatoms. The summed E-state index contributed by atoms with van der Waals surface area (Å²) in [7, 11) is 0. The Hall–Kier alpha value is -2.74. The van der Waals surface area contributed by atoms with Crippen molar-refractivity contribution in [2.45, 2.75) is 25.9 Å². The molecule has 136 valence electrons. The molecule has 26 heavy (non-hydrogen) atoms. The van der Waals surface area contributed by atoms with Crippen LogP contribution in [0.15, 0.2) is 53.8 Å². The predicted octanol–water partition coefficient (Wildman–Crippen LogP) is 1.04. The van der Waals surface area contributed by atoms with E-state index in [1.165, 1.54) is 0 Å². The lowest BCUT2D eigenvalue weighted by atomic mass is 9.97. The molecule has 0 radical (unpaired) electrons. The van der Waals surface area contributed by atoms with Gasteiger partial charge >= 0.3 is 0 Å². The maximum atomic E-state index is 12.2. The van der Waals surface area contributed by atoms with E-state index in [2.05, 4.69) is 20.2 Å². The highest BCUT2D eigenvalue weighted by Crippen LogP contribution is 2.18. The second-order valence-corrected chi connectivity index (χ2v) is 6.72. The molecular weight excluding hydrogens is 330 g/mol. The van der Waals surface area contributed by atoms with Crippen LogP contribution in [0.1, 0.15) is 12.8 Å². The van der Waals surface area contributed by atoms with E-state index in [4.69, 9.17) is 0 Å². The van der Waals surface area contributed by atoms with Crippen molar-refractivity contribution in [3.05, 3.63) is 59.4 Å². The first-order chi connectivity index (χ1) is 12.8. The van der Waals surface area contributed by atoms with Crippen molar-refractivity contribution >= 4 is 0 Å². The van der Waals surface area contributed by atoms with E-state index in [0.717, 1.165) is 39.0 Å². The van der Waals surface area contributed by atoms with E-state index in [-0.39, 0.29) is 5.56 Å². The topological polar surface area (TPSA) is 73.8 Å². The molecule has 0 spiro atoms. The summed E-state index contributed by atoms with van der Waals surface area (Å²) >= 11 is 0. The molecule has 1 saturated heterocycles. The minimum atomic E-state index is -0.0537. The normalized spacial score (nSPS) is 16.2. The molecule has 0 N–H and O–H groups in total. The summed E-state index contributed by atoms with van der Waals surface area (Å²) in [6.07, 6.45) is 9.51. The van der Waals surface area contributed by atoms with Crippen LogP contribution in [0.5, 0.6) is 0 Å². The number of likely N-dealkylation sites (tertiary alicyclic amines) is 1. The summed E-state index contributed by atoms with van der Waals surface area (Å²) in [6.45, 7) is 4.71. The summed E-state index contributed by atoms with van der Waals surface area (Å²) < 4.78 is 5.23. The van der Waals surface area contributed by atoms with Gasteiger partial charge in [0.1, 0.15) is 0 Å². The number of hydrogen-bond donors (Lipinski definition) is 0. The SMILES string of the molecule is O=c1ccc(-n2cccn2)nn1CC1CCN(CCn2cccn2)CC1. The van der Waals surface area contributed by atoms with E-state index >= 15 is 0 Å². The van der Waals surface area contributed by atoms with Crippen LogP contribution in [0.2, 0.25) is 0 Å². The third kappa shape index (κ3) is 3.91. The van der Waals surface area contributed by atoms with Gasteiger partial charge < -0.3 is 4.90 Å². The molecule has 4 rings (SSSR count). The van der Waals surface area contributed by atoms with E-state index < -0.39 is 0 Å². The van der Waals surface area contributed by atoms with E-state index in [1.54, 1.807) is 27.7 Å². The fraction of sp³-hybridized carbons (Fsp3) is 0.444. The van der Waals surface area contributed by atoms with E-state index in [1.807, 2.05) is 35.4 Å². The lowest BCUT2D eigenvalue weighted by Gasteiger charge is -2.31. The van der Waals surface area contributed by atoms with Gasteiger partial charge in [0, 0.05) is 43.9 Å². The van der Waals surface area contributed by atoms with Crippen molar-refractivity contribution < 1.29 is 0 Å². The number of nitrogens with zero attached hydrogens (tertiary/aromatic N) is 7. The van der Waals surface area contributed by atoms with Crippen LogP contribution in [-0.2, 0) is 13.1 Å². The van der Waals surface area contributed by atoms with Gasteiger partial charge in [0.15, 0.2) is 5.82 Å². The van der Waals surface area contributed by atoms with Gasteiger partial charge in [0.05, 0.1) is 6.54 Å². The van der Waals surface area contributed by atoms with Crippen LogP contribution < -0.4 is 5.56 Å². The van der Waals surface area contributed by atoms with Gasteiger partial charge in [-0.3, -0.25) is 9.48 Å². The van der Waals surface area contributed by atoms with Crippen LogP contribution in [0.25, 0.3) is 5.82 Å². The van der Waals surface area contributed by atoms with E-state index in [9.17, 15) is 4.79 Å². The Bertz CT molecular complexity index is 861. The van der Waals surface area contributed by atoms with Crippen LogP contribution in [0.3, 0.4) is 0 Å². The molecule has 0 bridgehead atoms. The van der Waals surface area contributed by atoms with Crippen LogP contribution in [-0.4, -0.2) is 53.9 Å². The number of rotatable bonds is 6. The Labute approximate surface area is 151 Å². The summed E-state index contributed by atoms with van der Waals surface area (Å²) in [5.74, 6) is 1.15. The van der Waals surface area contributed by atoms with Gasteiger partial charge in [0.25, 0.3) is 5.56 Å². The number of aromatic nitrogens is 6. The molecule has 4 heterocycles. The van der Waals surface area contributed by atoms with Crippen molar-refractivity contribution in [1.29, 1.82) is 0 Å². The second-order valence-electron chi connectivity index (χ2n) is 6.72. The molecule has 0 aliphatic carbocycles. The predicted molar refractivity (Wildman–Crippen MR) is 97.0 cm³/mol. The van der Waals surface area contributed by atoms with Crippen molar-refractivity contribution in [3.8, 4) is 5.82 Å². The lowest BCUT2D eigenvalue weighted by molar-refractivity contribution is 0.163. The first-order valence-electron chi connectivity index (χ1n) is 9.06. The van der Waals surface area contributed by atoms with Crippen molar-refractivity contribution in [2.75, 3.05) is 19.6 Å². The molecule has 3 aromatic rings. The largest absolute Gasteiger partial charge is 0.301 e. The summed E-state index contributed by atoms with van der Waals surface area (Å²) in [5, 5.41) is 12.9. The monoisotopic (exact) mass is 353 g/mol. The fourth-order valence-corrected chi connectivity index (χ4v) is 3.41. The standard InChI is InChI=1S/C18H23N7O/c26-18-4-3-17(24-10-2-8-20-24)21-25(18)15-16-5-11-22(12-6-16)13-14-23-9-1-7-19-23/h1-4,7-10,16H,5-6,11-15H2. The first kappa shape index (κ1) is 16.7. The Kier molecular flexibility index (Phi) is 4.92. The highest BCUT2D eigenvalue weighted by Gasteiger charge is 2.20. The molecule has 1 aliphatic rings. The summed E-state index contributed by atoms with van der Waals surface area (Å²) in [6, 6.07) is 7.08. The van der Waals surface area contributed by atoms with Gasteiger partial charge in [-0.15, -0.1) is 5.10 Å². The molecule has 0 amide bonds. The average molecular weight is 353 g/mol. The Morgan fingerprint density at radius 3 is 2.54 bits per heavy atom. The molecule has 0 aromatic carbocycles. The zero-order valence-electron chi connectivity index (χ0n) is 14.7. The third-order valence-electron chi connectivity index (χ3n) is 4.93. The van der Waals surface area contributed by atoms with Gasteiger partial charge in [-0.2, -0.15) is 10.2 Å².